The van der Waals surface area contributed by atoms with E-state index in [9.17, 15) is 14.4 Å². The van der Waals surface area contributed by atoms with Gasteiger partial charge in [0.05, 0.1) is 12.7 Å². The van der Waals surface area contributed by atoms with Gasteiger partial charge < -0.3 is 15.4 Å². The topological polar surface area (TPSA) is 97.4 Å². The molecule has 8 heteroatoms. The third-order valence-corrected chi connectivity index (χ3v) is 5.06. The van der Waals surface area contributed by atoms with E-state index in [2.05, 4.69) is 31.5 Å². The monoisotopic (exact) mass is 461 g/mol. The van der Waals surface area contributed by atoms with E-state index >= 15 is 0 Å². The molecular formula is C21H24BrN3O4. The lowest BCUT2D eigenvalue weighted by Gasteiger charge is -2.12. The smallest absolute Gasteiger partial charge is 0.323 e. The van der Waals surface area contributed by atoms with Crippen LogP contribution in [-0.4, -0.2) is 36.4 Å². The van der Waals surface area contributed by atoms with Crippen molar-refractivity contribution in [3.63, 3.8) is 0 Å². The maximum absolute atomic E-state index is 12.8. The van der Waals surface area contributed by atoms with Crippen LogP contribution in [0.4, 0.5) is 5.69 Å². The Bertz CT molecular complexity index is 901. The van der Waals surface area contributed by atoms with Crippen LogP contribution >= 0.6 is 15.9 Å². The Morgan fingerprint density at radius 1 is 1.17 bits per heavy atom. The minimum absolute atomic E-state index is 0.0858. The molecule has 29 heavy (non-hydrogen) atoms. The molecule has 0 saturated carbocycles. The molecular weight excluding hydrogens is 438 g/mol. The summed E-state index contributed by atoms with van der Waals surface area (Å²) in [4.78, 5) is 40.6. The van der Waals surface area contributed by atoms with Crippen LogP contribution in [-0.2, 0) is 9.53 Å². The number of rotatable bonds is 8. The fraction of sp³-hybridized carbons (Fsp3) is 0.333. The van der Waals surface area contributed by atoms with Crippen LogP contribution < -0.4 is 10.6 Å². The summed E-state index contributed by atoms with van der Waals surface area (Å²) < 4.78 is 4.72. The third-order valence-electron chi connectivity index (χ3n) is 4.16. The molecule has 0 saturated heterocycles. The van der Waals surface area contributed by atoms with Gasteiger partial charge in [0.25, 0.3) is 11.8 Å². The van der Waals surface area contributed by atoms with E-state index in [0.717, 1.165) is 12.8 Å². The van der Waals surface area contributed by atoms with E-state index in [4.69, 9.17) is 4.74 Å². The van der Waals surface area contributed by atoms with Crippen molar-refractivity contribution < 1.29 is 19.1 Å². The first-order chi connectivity index (χ1) is 13.9. The number of carbonyl (C=O) groups is 3. The number of alkyl halides is 1. The van der Waals surface area contributed by atoms with Gasteiger partial charge in [-0.2, -0.15) is 0 Å². The van der Waals surface area contributed by atoms with Gasteiger partial charge in [-0.15, -0.1) is 0 Å². The van der Waals surface area contributed by atoms with Gasteiger partial charge in [0, 0.05) is 17.9 Å². The second-order valence-electron chi connectivity index (χ2n) is 6.42. The van der Waals surface area contributed by atoms with E-state index in [0.29, 0.717) is 23.5 Å². The lowest BCUT2D eigenvalue weighted by molar-refractivity contribution is -0.139. The molecule has 7 nitrogen and oxygen atoms in total. The number of nitrogens with zero attached hydrogens (tertiary/aromatic N) is 1. The number of anilines is 1. The van der Waals surface area contributed by atoms with E-state index in [1.54, 1.807) is 43.3 Å². The molecule has 154 valence electrons. The lowest BCUT2D eigenvalue weighted by Crippen LogP contribution is -2.28. The quantitative estimate of drug-likeness (QED) is 0.354. The summed E-state index contributed by atoms with van der Waals surface area (Å²) >= 11 is 3.28. The van der Waals surface area contributed by atoms with Gasteiger partial charge >= 0.3 is 5.97 Å². The van der Waals surface area contributed by atoms with Crippen molar-refractivity contribution in [3.05, 3.63) is 58.9 Å². The Balaban J connectivity index is 2.23. The van der Waals surface area contributed by atoms with Crippen molar-refractivity contribution in [3.8, 4) is 0 Å². The molecule has 0 fully saturated rings. The van der Waals surface area contributed by atoms with E-state index in [-0.39, 0.29) is 17.2 Å². The molecule has 0 bridgehead atoms. The molecule has 1 unspecified atom stereocenters. The number of esters is 1. The van der Waals surface area contributed by atoms with Gasteiger partial charge in [0.1, 0.15) is 10.5 Å². The zero-order valence-corrected chi connectivity index (χ0v) is 18.2. The van der Waals surface area contributed by atoms with Crippen molar-refractivity contribution in [2.45, 2.75) is 31.5 Å². The fourth-order valence-corrected chi connectivity index (χ4v) is 3.06. The minimum Gasteiger partial charge on any atom is -0.468 e. The number of halogens is 1. The molecule has 2 N–H and O–H groups in total. The zero-order chi connectivity index (χ0) is 21.4. The maximum atomic E-state index is 12.8. The summed E-state index contributed by atoms with van der Waals surface area (Å²) in [6.45, 7) is 4.31. The number of aryl methyl sites for hydroxylation is 1. The first-order valence-corrected chi connectivity index (χ1v) is 10.2. The van der Waals surface area contributed by atoms with Crippen molar-refractivity contribution in [2.24, 2.45) is 0 Å². The average molecular weight is 462 g/mol. The Morgan fingerprint density at radius 3 is 2.62 bits per heavy atom. The lowest BCUT2D eigenvalue weighted by atomic mass is 10.1. The summed E-state index contributed by atoms with van der Waals surface area (Å²) in [7, 11) is 1.31. The number of amides is 2. The van der Waals surface area contributed by atoms with Crippen molar-refractivity contribution in [2.75, 3.05) is 19.0 Å². The molecule has 0 aliphatic rings. The van der Waals surface area contributed by atoms with Gasteiger partial charge in [-0.1, -0.05) is 41.4 Å². The second kappa shape index (κ2) is 10.7. The van der Waals surface area contributed by atoms with Crippen LogP contribution in [0.3, 0.4) is 0 Å². The molecule has 2 amide bonds. The summed E-state index contributed by atoms with van der Waals surface area (Å²) in [6, 6.07) is 10.1. The highest BCUT2D eigenvalue weighted by Crippen LogP contribution is 2.26. The Hall–Kier alpha value is -2.74. The molecule has 1 atom stereocenters. The Labute approximate surface area is 178 Å². The molecule has 1 heterocycles. The summed E-state index contributed by atoms with van der Waals surface area (Å²) in [5.41, 5.74) is 2.03. The molecule has 1 aromatic heterocycles. The van der Waals surface area contributed by atoms with Crippen LogP contribution in [0, 0.1) is 6.92 Å². The number of ether oxygens (including phenoxy) is 1. The maximum Gasteiger partial charge on any atom is 0.323 e. The van der Waals surface area contributed by atoms with Crippen molar-refractivity contribution in [1.29, 1.82) is 0 Å². The third kappa shape index (κ3) is 6.12. The van der Waals surface area contributed by atoms with Crippen LogP contribution in [0.2, 0.25) is 0 Å². The highest BCUT2D eigenvalue weighted by Gasteiger charge is 2.21. The number of pyridine rings is 1. The molecule has 0 radical (unpaired) electrons. The first kappa shape index (κ1) is 22.5. The second-order valence-corrected chi connectivity index (χ2v) is 7.34. The first-order valence-electron chi connectivity index (χ1n) is 9.26. The van der Waals surface area contributed by atoms with E-state index in [1.165, 1.54) is 7.11 Å². The highest BCUT2D eigenvalue weighted by molar-refractivity contribution is 9.09. The molecule has 0 aliphatic heterocycles. The van der Waals surface area contributed by atoms with Gasteiger partial charge in [0.15, 0.2) is 0 Å². The molecule has 0 spiro atoms. The summed E-state index contributed by atoms with van der Waals surface area (Å²) in [5, 5.41) is 5.55. The molecule has 1 aromatic carbocycles. The standard InChI is InChI=1S/C21H24BrN3O4/c1-4-5-11-23-20(27)18-16(10-9-13(2)24-18)19(26)25-15-8-6-7-14(12-15)17(22)21(28)29-3/h6-10,12,17H,4-5,11H2,1-3H3,(H,23,27)(H,25,26). The predicted molar refractivity (Wildman–Crippen MR) is 114 cm³/mol. The SMILES string of the molecule is CCCCNC(=O)c1nc(C)ccc1C(=O)Nc1cccc(C(Br)C(=O)OC)c1. The number of nitrogens with one attached hydrogen (secondary N) is 2. The number of unbranched alkanes of at least 4 members (excludes halogenated alkanes) is 1. The van der Waals surface area contributed by atoms with Gasteiger partial charge in [-0.05, 0) is 43.2 Å². The van der Waals surface area contributed by atoms with Crippen molar-refractivity contribution >= 4 is 39.4 Å². The van der Waals surface area contributed by atoms with E-state index in [1.807, 2.05) is 6.92 Å². The van der Waals surface area contributed by atoms with Crippen molar-refractivity contribution in [1.82, 2.24) is 10.3 Å². The predicted octanol–water partition coefficient (Wildman–Crippen LogP) is 3.78. The summed E-state index contributed by atoms with van der Waals surface area (Å²) in [5.74, 6) is -1.28. The molecule has 2 rings (SSSR count). The van der Waals surface area contributed by atoms with Crippen LogP contribution in [0.15, 0.2) is 36.4 Å². The molecule has 2 aromatic rings. The Morgan fingerprint density at radius 2 is 1.93 bits per heavy atom. The van der Waals surface area contributed by atoms with Gasteiger partial charge in [-0.25, -0.2) is 4.98 Å². The normalized spacial score (nSPS) is 11.4. The number of hydrogen-bond acceptors (Lipinski definition) is 5. The number of methoxy groups -OCH3 is 1. The van der Waals surface area contributed by atoms with Gasteiger partial charge in [0.2, 0.25) is 0 Å². The van der Waals surface area contributed by atoms with Crippen LogP contribution in [0.5, 0.6) is 0 Å². The van der Waals surface area contributed by atoms with Crippen LogP contribution in [0.25, 0.3) is 0 Å². The minimum atomic E-state index is -0.648. The number of carbonyl (C=O) groups excluding carboxylic acids is 3. The highest BCUT2D eigenvalue weighted by atomic mass is 79.9. The zero-order valence-electron chi connectivity index (χ0n) is 16.6. The molecule has 0 aliphatic carbocycles. The number of hydrogen-bond donors (Lipinski definition) is 2. The fourth-order valence-electron chi connectivity index (χ4n) is 2.59. The van der Waals surface area contributed by atoms with Gasteiger partial charge in [-0.3, -0.25) is 14.4 Å². The summed E-state index contributed by atoms with van der Waals surface area (Å²) in [6.07, 6.45) is 1.80. The number of aromatic nitrogens is 1. The largest absolute Gasteiger partial charge is 0.468 e. The Kier molecular flexibility index (Phi) is 8.33. The van der Waals surface area contributed by atoms with E-state index < -0.39 is 16.7 Å². The number of benzene rings is 1. The average Bonchev–Trinajstić information content (AvgIpc) is 2.72. The van der Waals surface area contributed by atoms with Crippen LogP contribution in [0.1, 0.15) is 56.7 Å².